The van der Waals surface area contributed by atoms with Crippen LogP contribution in [-0.4, -0.2) is 26.9 Å². The molecule has 2 aromatic heterocycles. The molecule has 17 heavy (non-hydrogen) atoms. The maximum Gasteiger partial charge on any atom is 0.288 e. The molecule has 0 saturated carbocycles. The quantitative estimate of drug-likeness (QED) is 0.874. The van der Waals surface area contributed by atoms with Crippen molar-refractivity contribution >= 4 is 51.1 Å². The van der Waals surface area contributed by atoms with Gasteiger partial charge < -0.3 is 0 Å². The second kappa shape index (κ2) is 4.86. The van der Waals surface area contributed by atoms with E-state index in [1.54, 1.807) is 5.38 Å². The van der Waals surface area contributed by atoms with E-state index in [1.165, 1.54) is 18.3 Å². The summed E-state index contributed by atoms with van der Waals surface area (Å²) in [6.07, 6.45) is 0. The average Bonchev–Trinajstić information content (AvgIpc) is 2.86. The van der Waals surface area contributed by atoms with Crippen molar-refractivity contribution in [3.8, 4) is 0 Å². The fourth-order valence-corrected chi connectivity index (χ4v) is 2.41. The van der Waals surface area contributed by atoms with E-state index in [-0.39, 0.29) is 15.3 Å². The van der Waals surface area contributed by atoms with E-state index in [0.29, 0.717) is 10.8 Å². The molecule has 2 heterocycles. The maximum absolute atomic E-state index is 11.6. The largest absolute Gasteiger partial charge is 0.296 e. The molecule has 0 aliphatic rings. The van der Waals surface area contributed by atoms with Gasteiger partial charge in [0, 0.05) is 12.3 Å². The number of ketones is 1. The van der Waals surface area contributed by atoms with Crippen LogP contribution in [0.4, 0.5) is 5.13 Å². The first-order chi connectivity index (χ1) is 8.06. The van der Waals surface area contributed by atoms with E-state index in [0.717, 1.165) is 11.3 Å². The predicted molar refractivity (Wildman–Crippen MR) is 65.0 cm³/mol. The third kappa shape index (κ3) is 2.84. The van der Waals surface area contributed by atoms with Crippen LogP contribution >= 0.6 is 34.3 Å². The highest BCUT2D eigenvalue weighted by molar-refractivity contribution is 7.17. The number of anilines is 1. The van der Waals surface area contributed by atoms with Crippen LogP contribution < -0.4 is 5.32 Å². The molecule has 0 saturated heterocycles. The summed E-state index contributed by atoms with van der Waals surface area (Å²) in [4.78, 5) is 26.6. The van der Waals surface area contributed by atoms with E-state index in [1.807, 2.05) is 0 Å². The van der Waals surface area contributed by atoms with E-state index in [9.17, 15) is 9.59 Å². The number of Topliss-reactive ketones (excluding diaryl/α,β-unsaturated/α-hetero) is 1. The Morgan fingerprint density at radius 1 is 1.41 bits per heavy atom. The molecule has 6 nitrogen and oxygen atoms in total. The summed E-state index contributed by atoms with van der Waals surface area (Å²) in [5, 5.41) is 11.7. The Hall–Kier alpha value is -1.38. The van der Waals surface area contributed by atoms with Crippen molar-refractivity contribution in [3.05, 3.63) is 20.5 Å². The van der Waals surface area contributed by atoms with Gasteiger partial charge in [-0.3, -0.25) is 14.9 Å². The number of amides is 1. The zero-order valence-corrected chi connectivity index (χ0v) is 10.8. The van der Waals surface area contributed by atoms with Gasteiger partial charge in [-0.15, -0.1) is 21.5 Å². The highest BCUT2D eigenvalue weighted by Crippen LogP contribution is 2.19. The van der Waals surface area contributed by atoms with Crippen LogP contribution in [0.2, 0.25) is 4.47 Å². The number of hydrogen-bond acceptors (Lipinski definition) is 7. The van der Waals surface area contributed by atoms with E-state index < -0.39 is 5.91 Å². The summed E-state index contributed by atoms with van der Waals surface area (Å²) < 4.78 is 0.193. The van der Waals surface area contributed by atoms with Crippen LogP contribution in [-0.2, 0) is 0 Å². The first kappa shape index (κ1) is 12.1. The number of nitrogens with zero attached hydrogens (tertiary/aromatic N) is 3. The molecular weight excluding hydrogens is 284 g/mol. The summed E-state index contributed by atoms with van der Waals surface area (Å²) in [5.41, 5.74) is 0.320. The Bertz CT molecular complexity index is 580. The summed E-state index contributed by atoms with van der Waals surface area (Å²) in [5.74, 6) is -0.598. The van der Waals surface area contributed by atoms with E-state index >= 15 is 0 Å². The molecule has 1 N–H and O–H groups in total. The topological polar surface area (TPSA) is 84.8 Å². The first-order valence-electron chi connectivity index (χ1n) is 4.33. The average molecular weight is 289 g/mol. The van der Waals surface area contributed by atoms with Crippen LogP contribution in [0.5, 0.6) is 0 Å². The highest BCUT2D eigenvalue weighted by atomic mass is 35.5. The second-order valence-corrected chi connectivity index (χ2v) is 5.33. The molecule has 0 bridgehead atoms. The molecule has 0 aromatic carbocycles. The van der Waals surface area contributed by atoms with Crippen molar-refractivity contribution < 1.29 is 9.59 Å². The lowest BCUT2D eigenvalue weighted by Gasteiger charge is -1.95. The molecule has 0 atom stereocenters. The van der Waals surface area contributed by atoms with Crippen molar-refractivity contribution in [2.45, 2.75) is 6.92 Å². The van der Waals surface area contributed by atoms with Crippen molar-refractivity contribution in [2.75, 3.05) is 5.32 Å². The zero-order valence-electron chi connectivity index (χ0n) is 8.43. The summed E-state index contributed by atoms with van der Waals surface area (Å²) in [6.45, 7) is 1.41. The number of halogens is 1. The Labute approximate surface area is 109 Å². The standard InChI is InChI=1S/C8H5ClN4O2S2/c1-3(14)4-2-16-8(10-4)11-5(15)6-12-13-7(9)17-6/h2H,1H3,(H,10,11,15). The SMILES string of the molecule is CC(=O)c1csc(NC(=O)c2nnc(Cl)s2)n1. The lowest BCUT2D eigenvalue weighted by Crippen LogP contribution is -2.11. The molecule has 0 unspecified atom stereocenters. The predicted octanol–water partition coefficient (Wildman–Crippen LogP) is 2.10. The third-order valence-corrected chi connectivity index (χ3v) is 3.46. The summed E-state index contributed by atoms with van der Waals surface area (Å²) in [6, 6.07) is 0. The Morgan fingerprint density at radius 3 is 2.71 bits per heavy atom. The number of nitrogens with one attached hydrogen (secondary N) is 1. The minimum Gasteiger partial charge on any atom is -0.296 e. The van der Waals surface area contributed by atoms with Crippen molar-refractivity contribution in [1.29, 1.82) is 0 Å². The smallest absolute Gasteiger partial charge is 0.288 e. The third-order valence-electron chi connectivity index (χ3n) is 1.68. The molecule has 0 aliphatic carbocycles. The number of aromatic nitrogens is 3. The Kier molecular flexibility index (Phi) is 3.46. The number of carbonyl (C=O) groups excluding carboxylic acids is 2. The molecular formula is C8H5ClN4O2S2. The van der Waals surface area contributed by atoms with Gasteiger partial charge in [-0.25, -0.2) is 4.98 Å². The van der Waals surface area contributed by atoms with Gasteiger partial charge in [-0.2, -0.15) is 0 Å². The fraction of sp³-hybridized carbons (Fsp3) is 0.125. The molecule has 88 valence electrons. The van der Waals surface area contributed by atoms with Crippen molar-refractivity contribution in [2.24, 2.45) is 0 Å². The Balaban J connectivity index is 2.10. The monoisotopic (exact) mass is 288 g/mol. The molecule has 0 spiro atoms. The summed E-state index contributed by atoms with van der Waals surface area (Å²) >= 11 is 7.70. The van der Waals surface area contributed by atoms with Crippen molar-refractivity contribution in [1.82, 2.24) is 15.2 Å². The Morgan fingerprint density at radius 2 is 2.18 bits per heavy atom. The van der Waals surface area contributed by atoms with Gasteiger partial charge in [-0.1, -0.05) is 11.3 Å². The lowest BCUT2D eigenvalue weighted by atomic mass is 10.4. The highest BCUT2D eigenvalue weighted by Gasteiger charge is 2.14. The molecule has 1 amide bonds. The van der Waals surface area contributed by atoms with Crippen molar-refractivity contribution in [3.63, 3.8) is 0 Å². The number of thiazole rings is 1. The van der Waals surface area contributed by atoms with Gasteiger partial charge in [0.05, 0.1) is 0 Å². The lowest BCUT2D eigenvalue weighted by molar-refractivity contribution is 0.100. The second-order valence-electron chi connectivity index (χ2n) is 2.91. The zero-order chi connectivity index (χ0) is 12.4. The van der Waals surface area contributed by atoms with Gasteiger partial charge >= 0.3 is 0 Å². The minimum atomic E-state index is -0.446. The maximum atomic E-state index is 11.6. The van der Waals surface area contributed by atoms with Gasteiger partial charge in [-0.05, 0) is 11.6 Å². The molecule has 0 fully saturated rings. The molecule has 2 rings (SSSR count). The first-order valence-corrected chi connectivity index (χ1v) is 6.40. The molecule has 0 aliphatic heterocycles. The van der Waals surface area contributed by atoms with Gasteiger partial charge in [0.1, 0.15) is 5.69 Å². The normalized spacial score (nSPS) is 10.2. The van der Waals surface area contributed by atoms with Crippen LogP contribution in [0.3, 0.4) is 0 Å². The summed E-state index contributed by atoms with van der Waals surface area (Å²) in [7, 11) is 0. The molecule has 0 radical (unpaired) electrons. The molecule has 9 heteroatoms. The van der Waals surface area contributed by atoms with Gasteiger partial charge in [0.25, 0.3) is 5.91 Å². The minimum absolute atomic E-state index is 0.148. The number of rotatable bonds is 3. The molecule has 2 aromatic rings. The van der Waals surface area contributed by atoms with Crippen LogP contribution in [0.25, 0.3) is 0 Å². The van der Waals surface area contributed by atoms with E-state index in [4.69, 9.17) is 11.6 Å². The van der Waals surface area contributed by atoms with Crippen LogP contribution in [0, 0.1) is 0 Å². The van der Waals surface area contributed by atoms with Crippen LogP contribution in [0.15, 0.2) is 5.38 Å². The van der Waals surface area contributed by atoms with Gasteiger partial charge in [0.15, 0.2) is 10.9 Å². The number of hydrogen-bond donors (Lipinski definition) is 1. The van der Waals surface area contributed by atoms with Crippen LogP contribution in [0.1, 0.15) is 27.2 Å². The number of carbonyl (C=O) groups is 2. The van der Waals surface area contributed by atoms with Gasteiger partial charge in [0.2, 0.25) is 9.47 Å². The van der Waals surface area contributed by atoms with E-state index in [2.05, 4.69) is 20.5 Å². The fourth-order valence-electron chi connectivity index (χ4n) is 0.941.